The van der Waals surface area contributed by atoms with E-state index in [2.05, 4.69) is 0 Å². The number of amides is 2. The summed E-state index contributed by atoms with van der Waals surface area (Å²) in [5, 5.41) is 0. The molecule has 2 aliphatic rings. The minimum atomic E-state index is -0.549. The van der Waals surface area contributed by atoms with E-state index < -0.39 is 6.09 Å². The number of rotatable bonds is 5. The molecule has 0 spiro atoms. The lowest BCUT2D eigenvalue weighted by Gasteiger charge is -2.32. The summed E-state index contributed by atoms with van der Waals surface area (Å²) in [7, 11) is 0. The van der Waals surface area contributed by atoms with Crippen molar-refractivity contribution in [2.24, 2.45) is 5.92 Å². The number of cyclic esters (lactones) is 1. The van der Waals surface area contributed by atoms with Crippen LogP contribution in [0.2, 0.25) is 0 Å². The third-order valence-electron chi connectivity index (χ3n) is 5.47. The van der Waals surface area contributed by atoms with Crippen LogP contribution in [0.4, 0.5) is 4.79 Å². The maximum Gasteiger partial charge on any atom is 0.416 e. The van der Waals surface area contributed by atoms with Crippen molar-refractivity contribution in [2.45, 2.75) is 31.4 Å². The Bertz CT molecular complexity index is 865. The van der Waals surface area contributed by atoms with E-state index in [4.69, 9.17) is 9.47 Å². The van der Waals surface area contributed by atoms with Gasteiger partial charge in [-0.1, -0.05) is 72.8 Å². The molecule has 0 aliphatic carbocycles. The molecule has 0 bridgehead atoms. The summed E-state index contributed by atoms with van der Waals surface area (Å²) in [5.74, 6) is -0.580. The summed E-state index contributed by atoms with van der Waals surface area (Å²) in [4.78, 5) is 27.0. The molecule has 5 nitrogen and oxygen atoms in total. The molecule has 2 aliphatic heterocycles. The van der Waals surface area contributed by atoms with Crippen LogP contribution in [0.1, 0.15) is 24.0 Å². The third kappa shape index (κ3) is 4.57. The Morgan fingerprint density at radius 3 is 2.55 bits per heavy atom. The van der Waals surface area contributed by atoms with E-state index >= 15 is 0 Å². The SMILES string of the molecule is O=C1OC[C@@H](Cc2ccccc2)N1C(=O)[C@@H]1CCCO[C@H]1C=Cc1ccccc1. The van der Waals surface area contributed by atoms with E-state index in [0.717, 1.165) is 17.5 Å². The first-order valence-electron chi connectivity index (χ1n) is 10.1. The molecular weight excluding hydrogens is 366 g/mol. The summed E-state index contributed by atoms with van der Waals surface area (Å²) >= 11 is 0. The second-order valence-corrected chi connectivity index (χ2v) is 7.48. The molecule has 5 heteroatoms. The summed E-state index contributed by atoms with van der Waals surface area (Å²) in [6, 6.07) is 19.5. The highest BCUT2D eigenvalue weighted by atomic mass is 16.6. The van der Waals surface area contributed by atoms with Gasteiger partial charge in [0.25, 0.3) is 0 Å². The Kier molecular flexibility index (Phi) is 6.06. The Morgan fingerprint density at radius 1 is 1.07 bits per heavy atom. The van der Waals surface area contributed by atoms with E-state index in [1.165, 1.54) is 4.90 Å². The molecule has 2 saturated heterocycles. The maximum atomic E-state index is 13.3. The lowest BCUT2D eigenvalue weighted by atomic mass is 9.91. The number of imide groups is 1. The molecule has 2 amide bonds. The van der Waals surface area contributed by atoms with Crippen molar-refractivity contribution >= 4 is 18.1 Å². The zero-order valence-corrected chi connectivity index (χ0v) is 16.3. The van der Waals surface area contributed by atoms with E-state index in [1.54, 1.807) is 0 Å². The molecule has 2 aromatic carbocycles. The normalized spacial score (nSPS) is 24.6. The van der Waals surface area contributed by atoms with Crippen LogP contribution in [-0.4, -0.2) is 42.3 Å². The number of ether oxygens (including phenoxy) is 2. The van der Waals surface area contributed by atoms with Crippen molar-refractivity contribution in [3.63, 3.8) is 0 Å². The summed E-state index contributed by atoms with van der Waals surface area (Å²) < 4.78 is 11.1. The highest BCUT2D eigenvalue weighted by Crippen LogP contribution is 2.28. The van der Waals surface area contributed by atoms with Crippen molar-refractivity contribution in [3.8, 4) is 0 Å². The van der Waals surface area contributed by atoms with Gasteiger partial charge in [0.05, 0.1) is 18.1 Å². The molecule has 4 rings (SSSR count). The van der Waals surface area contributed by atoms with Gasteiger partial charge in [-0.25, -0.2) is 9.69 Å². The highest BCUT2D eigenvalue weighted by molar-refractivity contribution is 5.95. The van der Waals surface area contributed by atoms with Crippen LogP contribution in [0.15, 0.2) is 66.7 Å². The molecular formula is C24H25NO4. The minimum Gasteiger partial charge on any atom is -0.447 e. The molecule has 3 atom stereocenters. The van der Waals surface area contributed by atoms with Gasteiger partial charge < -0.3 is 9.47 Å². The monoisotopic (exact) mass is 391 g/mol. The van der Waals surface area contributed by atoms with Crippen molar-refractivity contribution in [1.29, 1.82) is 0 Å². The quantitative estimate of drug-likeness (QED) is 0.771. The van der Waals surface area contributed by atoms with Crippen LogP contribution < -0.4 is 0 Å². The highest BCUT2D eigenvalue weighted by Gasteiger charge is 2.43. The van der Waals surface area contributed by atoms with Crippen molar-refractivity contribution in [1.82, 2.24) is 4.90 Å². The lowest BCUT2D eigenvalue weighted by molar-refractivity contribution is -0.140. The largest absolute Gasteiger partial charge is 0.447 e. The second-order valence-electron chi connectivity index (χ2n) is 7.48. The first-order valence-corrected chi connectivity index (χ1v) is 10.1. The van der Waals surface area contributed by atoms with E-state index in [-0.39, 0.29) is 30.6 Å². The zero-order chi connectivity index (χ0) is 20.1. The van der Waals surface area contributed by atoms with Gasteiger partial charge in [0.1, 0.15) is 6.61 Å². The molecule has 150 valence electrons. The first kappa shape index (κ1) is 19.4. The van der Waals surface area contributed by atoms with Crippen LogP contribution in [0.3, 0.4) is 0 Å². The van der Waals surface area contributed by atoms with Gasteiger partial charge in [0.2, 0.25) is 5.91 Å². The van der Waals surface area contributed by atoms with Gasteiger partial charge in [-0.05, 0) is 30.4 Å². The van der Waals surface area contributed by atoms with Crippen molar-refractivity contribution < 1.29 is 19.1 Å². The molecule has 2 heterocycles. The summed E-state index contributed by atoms with van der Waals surface area (Å²) in [6.45, 7) is 0.850. The standard InChI is InChI=1S/C24H25NO4/c26-23(25-20(17-29-24(25)27)16-19-10-5-2-6-11-19)21-12-7-15-28-22(21)14-13-18-8-3-1-4-9-18/h1-6,8-11,13-14,20-22H,7,12,15-17H2/t20-,21-,22+/m1/s1. The van der Waals surface area contributed by atoms with Crippen LogP contribution in [-0.2, 0) is 20.7 Å². The zero-order valence-electron chi connectivity index (χ0n) is 16.3. The fourth-order valence-electron chi connectivity index (χ4n) is 3.97. The van der Waals surface area contributed by atoms with E-state index in [9.17, 15) is 9.59 Å². The smallest absolute Gasteiger partial charge is 0.416 e. The number of nitrogens with zero attached hydrogens (tertiary/aromatic N) is 1. The Hall–Kier alpha value is -2.92. The molecule has 2 fully saturated rings. The average Bonchev–Trinajstić information content (AvgIpc) is 3.13. The van der Waals surface area contributed by atoms with Gasteiger partial charge in [0.15, 0.2) is 0 Å². The van der Waals surface area contributed by atoms with Crippen molar-refractivity contribution in [3.05, 3.63) is 77.9 Å². The Balaban J connectivity index is 1.50. The molecule has 0 saturated carbocycles. The maximum absolute atomic E-state index is 13.3. The fourth-order valence-corrected chi connectivity index (χ4v) is 3.97. The van der Waals surface area contributed by atoms with Crippen LogP contribution in [0.25, 0.3) is 6.08 Å². The number of hydrogen-bond donors (Lipinski definition) is 0. The Morgan fingerprint density at radius 2 is 1.79 bits per heavy atom. The average molecular weight is 391 g/mol. The molecule has 2 aromatic rings. The third-order valence-corrected chi connectivity index (χ3v) is 5.47. The number of benzene rings is 2. The van der Waals surface area contributed by atoms with Gasteiger partial charge in [-0.15, -0.1) is 0 Å². The number of carbonyl (C=O) groups excluding carboxylic acids is 2. The molecule has 0 N–H and O–H groups in total. The van der Waals surface area contributed by atoms with Gasteiger partial charge in [0, 0.05) is 6.61 Å². The van der Waals surface area contributed by atoms with Gasteiger partial charge in [-0.3, -0.25) is 4.79 Å². The summed E-state index contributed by atoms with van der Waals surface area (Å²) in [5.41, 5.74) is 2.13. The molecule has 0 unspecified atom stereocenters. The second kappa shape index (κ2) is 9.05. The number of carbonyl (C=O) groups is 2. The molecule has 0 aromatic heterocycles. The summed E-state index contributed by atoms with van der Waals surface area (Å²) in [6.07, 6.45) is 5.11. The topological polar surface area (TPSA) is 55.8 Å². The van der Waals surface area contributed by atoms with Gasteiger partial charge >= 0.3 is 6.09 Å². The molecule has 0 radical (unpaired) electrons. The van der Waals surface area contributed by atoms with Crippen molar-refractivity contribution in [2.75, 3.05) is 13.2 Å². The molecule has 29 heavy (non-hydrogen) atoms. The van der Waals surface area contributed by atoms with E-state index in [1.807, 2.05) is 72.8 Å². The predicted octanol–water partition coefficient (Wildman–Crippen LogP) is 4.09. The Labute approximate surface area is 170 Å². The van der Waals surface area contributed by atoms with Crippen LogP contribution in [0, 0.1) is 5.92 Å². The van der Waals surface area contributed by atoms with Crippen LogP contribution in [0.5, 0.6) is 0 Å². The lowest BCUT2D eigenvalue weighted by Crippen LogP contribution is -2.47. The minimum absolute atomic E-state index is 0.198. The first-order chi connectivity index (χ1) is 14.2. The fraction of sp³-hybridized carbons (Fsp3) is 0.333. The number of hydrogen-bond acceptors (Lipinski definition) is 4. The predicted molar refractivity (Wildman–Crippen MR) is 110 cm³/mol. The van der Waals surface area contributed by atoms with E-state index in [0.29, 0.717) is 19.4 Å². The van der Waals surface area contributed by atoms with Gasteiger partial charge in [-0.2, -0.15) is 0 Å². The van der Waals surface area contributed by atoms with Crippen LogP contribution >= 0.6 is 0 Å².